The highest BCUT2D eigenvalue weighted by atomic mass is 79.9. The fourth-order valence-corrected chi connectivity index (χ4v) is 3.23. The van der Waals surface area contributed by atoms with Crippen LogP contribution in [0.4, 0.5) is 4.39 Å². The Morgan fingerprint density at radius 3 is 2.56 bits per heavy atom. The van der Waals surface area contributed by atoms with Crippen molar-refractivity contribution in [2.24, 2.45) is 5.73 Å². The van der Waals surface area contributed by atoms with E-state index in [-0.39, 0.29) is 11.9 Å². The van der Waals surface area contributed by atoms with E-state index in [1.54, 1.807) is 6.07 Å². The van der Waals surface area contributed by atoms with Crippen LogP contribution >= 0.6 is 27.7 Å². The molecule has 0 saturated heterocycles. The van der Waals surface area contributed by atoms with Crippen LogP contribution in [0.3, 0.4) is 0 Å². The Morgan fingerprint density at radius 1 is 1.17 bits per heavy atom. The first-order valence-corrected chi connectivity index (χ1v) is 7.17. The van der Waals surface area contributed by atoms with E-state index >= 15 is 0 Å². The fraction of sp³-hybridized carbons (Fsp3) is 0.143. The number of halogens is 2. The van der Waals surface area contributed by atoms with Gasteiger partial charge in [0, 0.05) is 15.4 Å². The van der Waals surface area contributed by atoms with Crippen molar-refractivity contribution >= 4 is 27.7 Å². The van der Waals surface area contributed by atoms with Crippen molar-refractivity contribution in [3.8, 4) is 0 Å². The van der Waals surface area contributed by atoms with E-state index in [1.807, 2.05) is 37.3 Å². The van der Waals surface area contributed by atoms with E-state index in [1.165, 1.54) is 17.8 Å². The molecule has 0 saturated carbocycles. The zero-order valence-corrected chi connectivity index (χ0v) is 12.3. The van der Waals surface area contributed by atoms with Crippen LogP contribution in [0.5, 0.6) is 0 Å². The largest absolute Gasteiger partial charge is 0.324 e. The summed E-state index contributed by atoms with van der Waals surface area (Å²) < 4.78 is 14.9. The molecule has 0 unspecified atom stereocenters. The van der Waals surface area contributed by atoms with Gasteiger partial charge in [0.05, 0.1) is 4.90 Å². The van der Waals surface area contributed by atoms with Gasteiger partial charge >= 0.3 is 0 Å². The molecule has 0 aliphatic rings. The Labute approximate surface area is 119 Å². The molecule has 0 fully saturated rings. The highest BCUT2D eigenvalue weighted by Crippen LogP contribution is 2.38. The molecule has 2 N–H and O–H groups in total. The predicted octanol–water partition coefficient (Wildman–Crippen LogP) is 4.76. The van der Waals surface area contributed by atoms with Crippen molar-refractivity contribution in [1.82, 2.24) is 0 Å². The molecule has 0 heterocycles. The van der Waals surface area contributed by atoms with Gasteiger partial charge in [-0.1, -0.05) is 36.0 Å². The number of hydrogen-bond donors (Lipinski definition) is 1. The van der Waals surface area contributed by atoms with Crippen molar-refractivity contribution in [2.45, 2.75) is 22.8 Å². The second-order valence-electron chi connectivity index (χ2n) is 3.98. The summed E-state index contributed by atoms with van der Waals surface area (Å²) in [6.07, 6.45) is 0. The zero-order valence-electron chi connectivity index (χ0n) is 9.86. The predicted molar refractivity (Wildman–Crippen MR) is 77.3 cm³/mol. The zero-order chi connectivity index (χ0) is 13.1. The van der Waals surface area contributed by atoms with Gasteiger partial charge in [0.25, 0.3) is 0 Å². The normalized spacial score (nSPS) is 12.4. The van der Waals surface area contributed by atoms with Crippen LogP contribution < -0.4 is 5.73 Å². The van der Waals surface area contributed by atoms with Crippen molar-refractivity contribution in [2.75, 3.05) is 0 Å². The van der Waals surface area contributed by atoms with Gasteiger partial charge in [-0.15, -0.1) is 0 Å². The molecule has 2 rings (SSSR count). The van der Waals surface area contributed by atoms with Crippen LogP contribution in [0.1, 0.15) is 18.5 Å². The molecule has 0 aliphatic carbocycles. The average molecular weight is 326 g/mol. The minimum absolute atomic E-state index is 0.189. The van der Waals surface area contributed by atoms with Crippen LogP contribution in [-0.4, -0.2) is 0 Å². The van der Waals surface area contributed by atoms with Crippen LogP contribution in [0.2, 0.25) is 0 Å². The third-order valence-electron chi connectivity index (χ3n) is 2.54. The van der Waals surface area contributed by atoms with Crippen molar-refractivity contribution in [3.63, 3.8) is 0 Å². The van der Waals surface area contributed by atoms with Gasteiger partial charge in [0.1, 0.15) is 5.82 Å². The fourth-order valence-electron chi connectivity index (χ4n) is 1.63. The Morgan fingerprint density at radius 2 is 1.89 bits per heavy atom. The highest BCUT2D eigenvalue weighted by molar-refractivity contribution is 9.10. The smallest absolute Gasteiger partial charge is 0.137 e. The Balaban J connectivity index is 2.43. The molecule has 2 aromatic rings. The number of benzene rings is 2. The molecule has 1 nitrogen and oxygen atoms in total. The van der Waals surface area contributed by atoms with Crippen molar-refractivity contribution in [3.05, 3.63) is 58.3 Å². The summed E-state index contributed by atoms with van der Waals surface area (Å²) >= 11 is 4.86. The van der Waals surface area contributed by atoms with E-state index in [9.17, 15) is 4.39 Å². The molecule has 0 amide bonds. The van der Waals surface area contributed by atoms with Crippen LogP contribution in [0, 0.1) is 5.82 Å². The average Bonchev–Trinajstić information content (AvgIpc) is 2.34. The lowest BCUT2D eigenvalue weighted by molar-refractivity contribution is 0.591. The van der Waals surface area contributed by atoms with Gasteiger partial charge in [0.15, 0.2) is 0 Å². The van der Waals surface area contributed by atoms with Crippen LogP contribution in [0.25, 0.3) is 0 Å². The second-order valence-corrected chi connectivity index (χ2v) is 5.89. The van der Waals surface area contributed by atoms with Gasteiger partial charge in [-0.25, -0.2) is 4.39 Å². The minimum Gasteiger partial charge on any atom is -0.324 e. The van der Waals surface area contributed by atoms with Crippen LogP contribution in [0.15, 0.2) is 56.7 Å². The molecular weight excluding hydrogens is 313 g/mol. The second kappa shape index (κ2) is 5.87. The molecule has 0 spiro atoms. The first-order valence-electron chi connectivity index (χ1n) is 5.56. The van der Waals surface area contributed by atoms with E-state index in [0.717, 1.165) is 14.9 Å². The van der Waals surface area contributed by atoms with E-state index in [2.05, 4.69) is 15.9 Å². The molecular formula is C14H13BrFNS. The molecule has 1 atom stereocenters. The number of nitrogens with two attached hydrogens (primary N) is 1. The molecule has 2 aromatic carbocycles. The van der Waals surface area contributed by atoms with Crippen LogP contribution in [-0.2, 0) is 0 Å². The minimum atomic E-state index is -0.231. The van der Waals surface area contributed by atoms with Gasteiger partial charge in [0.2, 0.25) is 0 Å². The maximum absolute atomic E-state index is 13.9. The Hall–Kier alpha value is -0.840. The van der Waals surface area contributed by atoms with Gasteiger partial charge in [-0.2, -0.15) is 0 Å². The van der Waals surface area contributed by atoms with Gasteiger partial charge in [-0.05, 0) is 46.6 Å². The summed E-state index contributed by atoms with van der Waals surface area (Å²) in [5, 5.41) is 0. The van der Waals surface area contributed by atoms with Crippen molar-refractivity contribution < 1.29 is 4.39 Å². The monoisotopic (exact) mass is 325 g/mol. The molecule has 4 heteroatoms. The summed E-state index contributed by atoms with van der Waals surface area (Å²) in [4.78, 5) is 1.57. The van der Waals surface area contributed by atoms with E-state index in [0.29, 0.717) is 4.90 Å². The topological polar surface area (TPSA) is 26.0 Å². The third kappa shape index (κ3) is 2.94. The molecule has 94 valence electrons. The molecule has 0 bridgehead atoms. The highest BCUT2D eigenvalue weighted by Gasteiger charge is 2.13. The lowest BCUT2D eigenvalue weighted by atomic mass is 10.1. The quantitative estimate of drug-likeness (QED) is 0.880. The summed E-state index contributed by atoms with van der Waals surface area (Å²) in [6.45, 7) is 1.86. The first kappa shape index (κ1) is 13.6. The SMILES string of the molecule is C[C@@H](N)c1cccc(F)c1Sc1ccccc1Br. The molecule has 0 aliphatic heterocycles. The Kier molecular flexibility index (Phi) is 4.43. The summed E-state index contributed by atoms with van der Waals surface area (Å²) in [6, 6.07) is 12.6. The molecule has 0 radical (unpaired) electrons. The lowest BCUT2D eigenvalue weighted by Crippen LogP contribution is -2.07. The number of hydrogen-bond acceptors (Lipinski definition) is 2. The maximum Gasteiger partial charge on any atom is 0.137 e. The standard InChI is InChI=1S/C14H13BrFNS/c1-9(17)10-5-4-7-12(16)14(10)18-13-8-3-2-6-11(13)15/h2-9H,17H2,1H3/t9-/m1/s1. The lowest BCUT2D eigenvalue weighted by Gasteiger charge is -2.13. The number of rotatable bonds is 3. The van der Waals surface area contributed by atoms with E-state index < -0.39 is 0 Å². The molecule has 0 aromatic heterocycles. The third-order valence-corrected chi connectivity index (χ3v) is 4.70. The first-order chi connectivity index (χ1) is 8.59. The summed E-state index contributed by atoms with van der Waals surface area (Å²) in [5.74, 6) is -0.231. The van der Waals surface area contributed by atoms with Gasteiger partial charge < -0.3 is 5.73 Å². The van der Waals surface area contributed by atoms with Gasteiger partial charge in [-0.3, -0.25) is 0 Å². The Bertz CT molecular complexity index is 557. The van der Waals surface area contributed by atoms with E-state index in [4.69, 9.17) is 5.73 Å². The summed E-state index contributed by atoms with van der Waals surface area (Å²) in [7, 11) is 0. The molecule has 18 heavy (non-hydrogen) atoms. The summed E-state index contributed by atoms with van der Waals surface area (Å²) in [5.41, 5.74) is 6.71. The van der Waals surface area contributed by atoms with Crippen molar-refractivity contribution in [1.29, 1.82) is 0 Å². The maximum atomic E-state index is 13.9.